The fourth-order valence-electron chi connectivity index (χ4n) is 1.54. The summed E-state index contributed by atoms with van der Waals surface area (Å²) < 4.78 is 0. The Balaban J connectivity index is 3.05. The molecule has 0 aromatic carbocycles. The number of rotatable bonds is 0. The van der Waals surface area contributed by atoms with Crippen LogP contribution in [0.25, 0.3) is 0 Å². The Kier molecular flexibility index (Phi) is 2.81. The Labute approximate surface area is 86.0 Å². The molecule has 1 aliphatic carbocycles. The van der Waals surface area contributed by atoms with Gasteiger partial charge >= 0.3 is 0 Å². The first-order chi connectivity index (χ1) is 5.84. The van der Waals surface area contributed by atoms with Crippen molar-refractivity contribution in [2.24, 2.45) is 11.3 Å². The second-order valence-corrected chi connectivity index (χ2v) is 5.22. The largest absolute Gasteiger partial charge is 0.507 e. The van der Waals surface area contributed by atoms with Crippen LogP contribution in [-0.4, -0.2) is 5.11 Å². The molecule has 13 heavy (non-hydrogen) atoms. The van der Waals surface area contributed by atoms with Gasteiger partial charge in [0.2, 0.25) is 0 Å². The fourth-order valence-corrected chi connectivity index (χ4v) is 1.76. The smallest absolute Gasteiger partial charge is 0.128 e. The molecule has 0 aromatic rings. The van der Waals surface area contributed by atoms with Crippen LogP contribution in [0.3, 0.4) is 0 Å². The van der Waals surface area contributed by atoms with E-state index in [1.165, 1.54) is 0 Å². The van der Waals surface area contributed by atoms with Gasteiger partial charge in [0.15, 0.2) is 0 Å². The molecule has 1 unspecified atom stereocenters. The number of hydrogen-bond acceptors (Lipinski definition) is 2. The zero-order valence-electron chi connectivity index (χ0n) is 8.76. The lowest BCUT2D eigenvalue weighted by Crippen LogP contribution is -2.17. The molecule has 1 rings (SSSR count). The van der Waals surface area contributed by atoms with Gasteiger partial charge in [-0.25, -0.2) is 0 Å². The minimum absolute atomic E-state index is 0.0121. The van der Waals surface area contributed by atoms with Crippen molar-refractivity contribution in [3.8, 4) is 0 Å². The summed E-state index contributed by atoms with van der Waals surface area (Å²) in [5.74, 6) is 0.740. The summed E-state index contributed by atoms with van der Waals surface area (Å²) in [7, 11) is 0. The van der Waals surface area contributed by atoms with Crippen LogP contribution in [0.5, 0.6) is 0 Å². The monoisotopic (exact) mass is 198 g/mol. The van der Waals surface area contributed by atoms with Gasteiger partial charge in [-0.3, -0.25) is 0 Å². The molecule has 0 heterocycles. The third-order valence-electron chi connectivity index (χ3n) is 2.45. The first-order valence-electron chi connectivity index (χ1n) is 4.67. The Bertz CT molecular complexity index is 268. The maximum atomic E-state index is 9.88. The van der Waals surface area contributed by atoms with E-state index in [1.54, 1.807) is 0 Å². The quantitative estimate of drug-likeness (QED) is 0.569. The van der Waals surface area contributed by atoms with E-state index in [2.05, 4.69) is 46.4 Å². The minimum atomic E-state index is 0.0121. The molecule has 0 spiro atoms. The lowest BCUT2D eigenvalue weighted by Gasteiger charge is -2.28. The summed E-state index contributed by atoms with van der Waals surface area (Å²) >= 11 is 4.33. The van der Waals surface area contributed by atoms with Crippen LogP contribution < -0.4 is 0 Å². The van der Waals surface area contributed by atoms with Crippen molar-refractivity contribution in [1.82, 2.24) is 0 Å². The van der Waals surface area contributed by atoms with Crippen molar-refractivity contribution in [1.29, 1.82) is 0 Å². The maximum absolute atomic E-state index is 9.88. The predicted octanol–water partition coefficient (Wildman–Crippen LogP) is 3.70. The topological polar surface area (TPSA) is 20.2 Å². The van der Waals surface area contributed by atoms with Crippen LogP contribution in [0.4, 0.5) is 0 Å². The Morgan fingerprint density at radius 1 is 1.46 bits per heavy atom. The minimum Gasteiger partial charge on any atom is -0.507 e. The van der Waals surface area contributed by atoms with E-state index >= 15 is 0 Å². The molecule has 0 amide bonds. The van der Waals surface area contributed by atoms with Gasteiger partial charge in [0.05, 0.1) is 0 Å². The van der Waals surface area contributed by atoms with Gasteiger partial charge in [0.25, 0.3) is 0 Å². The number of allylic oxidation sites excluding steroid dienone is 3. The molecule has 1 atom stereocenters. The molecule has 0 fully saturated rings. The van der Waals surface area contributed by atoms with Crippen LogP contribution in [0.15, 0.2) is 22.3 Å². The predicted molar refractivity (Wildman–Crippen MR) is 60.0 cm³/mol. The Morgan fingerprint density at radius 3 is 2.46 bits per heavy atom. The average molecular weight is 198 g/mol. The van der Waals surface area contributed by atoms with Crippen LogP contribution in [0.1, 0.15) is 34.1 Å². The van der Waals surface area contributed by atoms with Gasteiger partial charge in [-0.1, -0.05) is 33.8 Å². The van der Waals surface area contributed by atoms with Crippen molar-refractivity contribution >= 4 is 12.6 Å². The molecule has 0 saturated heterocycles. The summed E-state index contributed by atoms with van der Waals surface area (Å²) in [4.78, 5) is 0.826. The van der Waals surface area contributed by atoms with Gasteiger partial charge in [-0.2, -0.15) is 0 Å². The second kappa shape index (κ2) is 3.41. The first kappa shape index (κ1) is 10.7. The van der Waals surface area contributed by atoms with Crippen LogP contribution >= 0.6 is 12.6 Å². The zero-order valence-corrected chi connectivity index (χ0v) is 9.65. The van der Waals surface area contributed by atoms with Crippen LogP contribution in [0.2, 0.25) is 0 Å². The molecule has 0 aliphatic heterocycles. The molecule has 0 saturated carbocycles. The van der Waals surface area contributed by atoms with Crippen molar-refractivity contribution in [2.45, 2.75) is 34.1 Å². The normalized spacial score (nSPS) is 24.7. The molecule has 0 aromatic heterocycles. The summed E-state index contributed by atoms with van der Waals surface area (Å²) in [5.41, 5.74) is 1.04. The number of aliphatic hydroxyl groups is 1. The van der Waals surface area contributed by atoms with Gasteiger partial charge in [0, 0.05) is 4.91 Å². The zero-order chi connectivity index (χ0) is 10.2. The highest BCUT2D eigenvalue weighted by molar-refractivity contribution is 7.84. The Morgan fingerprint density at radius 2 is 2.00 bits per heavy atom. The van der Waals surface area contributed by atoms with Gasteiger partial charge < -0.3 is 5.11 Å². The highest BCUT2D eigenvalue weighted by Gasteiger charge is 2.26. The molecule has 1 nitrogen and oxygen atoms in total. The van der Waals surface area contributed by atoms with Crippen molar-refractivity contribution in [2.75, 3.05) is 0 Å². The van der Waals surface area contributed by atoms with E-state index in [0.29, 0.717) is 11.7 Å². The van der Waals surface area contributed by atoms with E-state index in [0.717, 1.165) is 16.9 Å². The van der Waals surface area contributed by atoms with E-state index in [9.17, 15) is 5.11 Å². The van der Waals surface area contributed by atoms with Crippen LogP contribution in [-0.2, 0) is 0 Å². The lowest BCUT2D eigenvalue weighted by molar-refractivity contribution is 0.363. The van der Waals surface area contributed by atoms with Gasteiger partial charge in [-0.15, -0.1) is 12.6 Å². The summed E-state index contributed by atoms with van der Waals surface area (Å²) in [6, 6.07) is 0. The Hall–Kier alpha value is -0.370. The third kappa shape index (κ3) is 2.11. The van der Waals surface area contributed by atoms with E-state index in [-0.39, 0.29) is 5.41 Å². The van der Waals surface area contributed by atoms with E-state index < -0.39 is 0 Å². The summed E-state index contributed by atoms with van der Waals surface area (Å²) in [5, 5.41) is 9.88. The highest BCUT2D eigenvalue weighted by Crippen LogP contribution is 2.39. The molecule has 1 N–H and O–H groups in total. The second-order valence-electron chi connectivity index (χ2n) is 4.74. The molecule has 0 radical (unpaired) electrons. The van der Waals surface area contributed by atoms with Gasteiger partial charge in [0.1, 0.15) is 5.76 Å². The van der Waals surface area contributed by atoms with Crippen LogP contribution in [0, 0.1) is 11.3 Å². The van der Waals surface area contributed by atoms with E-state index in [4.69, 9.17) is 0 Å². The SMILES string of the molecule is CC1CC=C(C(C)(C)C)C(O)=C1S. The number of aliphatic hydroxyl groups excluding tert-OH is 1. The number of thiol groups is 1. The average Bonchev–Trinajstić information content (AvgIpc) is 1.98. The molecular formula is C11H18OS. The van der Waals surface area contributed by atoms with Gasteiger partial charge in [-0.05, 0) is 23.3 Å². The van der Waals surface area contributed by atoms with Crippen molar-refractivity contribution in [3.05, 3.63) is 22.3 Å². The molecule has 74 valence electrons. The molecule has 0 bridgehead atoms. The molecule has 2 heteroatoms. The standard InChI is InChI=1S/C11H18OS/c1-7-5-6-8(11(2,3)4)9(12)10(7)13/h6-7,12-13H,5H2,1-4H3. The molecule has 1 aliphatic rings. The van der Waals surface area contributed by atoms with E-state index in [1.807, 2.05) is 0 Å². The van der Waals surface area contributed by atoms with Crippen molar-refractivity contribution in [3.63, 3.8) is 0 Å². The molecular weight excluding hydrogens is 180 g/mol. The first-order valence-corrected chi connectivity index (χ1v) is 5.12. The summed E-state index contributed by atoms with van der Waals surface area (Å²) in [6.07, 6.45) is 3.11. The maximum Gasteiger partial charge on any atom is 0.128 e. The highest BCUT2D eigenvalue weighted by atomic mass is 32.1. The lowest BCUT2D eigenvalue weighted by atomic mass is 9.80. The number of hydrogen-bond donors (Lipinski definition) is 2. The fraction of sp³-hybridized carbons (Fsp3) is 0.636. The summed E-state index contributed by atoms with van der Waals surface area (Å²) in [6.45, 7) is 8.39. The third-order valence-corrected chi connectivity index (χ3v) is 3.10. The van der Waals surface area contributed by atoms with Crippen molar-refractivity contribution < 1.29 is 5.11 Å².